The van der Waals surface area contributed by atoms with Crippen LogP contribution in [-0.4, -0.2) is 25.6 Å². The first-order valence-corrected chi connectivity index (χ1v) is 11.9. The average molecular weight is 528 g/mol. The number of carbonyl (C=O) groups excluding carboxylic acids is 1. The summed E-state index contributed by atoms with van der Waals surface area (Å²) in [6.07, 6.45) is -4.40. The monoisotopic (exact) mass is 527 g/mol. The molecule has 1 N–H and O–H groups in total. The Morgan fingerprint density at radius 2 is 1.76 bits per heavy atom. The Labute approximate surface area is 213 Å². The second-order valence-corrected chi connectivity index (χ2v) is 8.94. The van der Waals surface area contributed by atoms with Crippen LogP contribution in [0.1, 0.15) is 32.9 Å². The molecular weight excluding hydrogens is 507 g/mol. The first kappa shape index (κ1) is 25.9. The van der Waals surface area contributed by atoms with Crippen molar-refractivity contribution in [3.63, 3.8) is 0 Å². The number of para-hydroxylation sites is 1. The zero-order valence-electron chi connectivity index (χ0n) is 19.4. The number of nitro benzene ring substituents is 1. The summed E-state index contributed by atoms with van der Waals surface area (Å²) in [5, 5.41) is 22.8. The SMILES string of the molecule is Cc1ccc(C(=O)NCc2nnc(SCc3ccc(C(F)(F)F)cc3)n2-c2ccccc2)cc1[N+](=O)[O-]. The predicted octanol–water partition coefficient (Wildman–Crippen LogP) is 5.73. The third kappa shape index (κ3) is 6.15. The van der Waals surface area contributed by atoms with Gasteiger partial charge in [0, 0.05) is 28.6 Å². The Balaban J connectivity index is 1.53. The number of nitro groups is 1. The third-order valence-corrected chi connectivity index (χ3v) is 6.44. The lowest BCUT2D eigenvalue weighted by Gasteiger charge is -2.11. The fourth-order valence-electron chi connectivity index (χ4n) is 3.49. The number of aromatic nitrogens is 3. The van der Waals surface area contributed by atoms with Crippen LogP contribution in [0.15, 0.2) is 78.0 Å². The number of nitrogens with zero attached hydrogens (tertiary/aromatic N) is 4. The van der Waals surface area contributed by atoms with E-state index in [1.54, 1.807) is 11.5 Å². The van der Waals surface area contributed by atoms with E-state index in [0.29, 0.717) is 27.9 Å². The highest BCUT2D eigenvalue weighted by Crippen LogP contribution is 2.31. The first-order valence-electron chi connectivity index (χ1n) is 11.0. The zero-order chi connectivity index (χ0) is 26.6. The van der Waals surface area contributed by atoms with Gasteiger partial charge in [0.15, 0.2) is 11.0 Å². The summed E-state index contributed by atoms with van der Waals surface area (Å²) < 4.78 is 40.3. The minimum Gasteiger partial charge on any atom is -0.345 e. The van der Waals surface area contributed by atoms with Crippen LogP contribution in [-0.2, 0) is 18.5 Å². The van der Waals surface area contributed by atoms with E-state index in [1.807, 2.05) is 30.3 Å². The maximum atomic E-state index is 12.8. The van der Waals surface area contributed by atoms with Gasteiger partial charge in [-0.25, -0.2) is 0 Å². The molecule has 8 nitrogen and oxygen atoms in total. The summed E-state index contributed by atoms with van der Waals surface area (Å²) >= 11 is 1.29. The van der Waals surface area contributed by atoms with Gasteiger partial charge in [-0.1, -0.05) is 48.2 Å². The van der Waals surface area contributed by atoms with Gasteiger partial charge >= 0.3 is 6.18 Å². The lowest BCUT2D eigenvalue weighted by molar-refractivity contribution is -0.385. The molecule has 0 fully saturated rings. The smallest absolute Gasteiger partial charge is 0.345 e. The second kappa shape index (κ2) is 10.8. The Kier molecular flexibility index (Phi) is 7.58. The van der Waals surface area contributed by atoms with E-state index in [9.17, 15) is 28.1 Å². The number of carbonyl (C=O) groups is 1. The number of benzene rings is 3. The molecule has 1 aromatic heterocycles. The minimum absolute atomic E-state index is 0.0107. The Morgan fingerprint density at radius 3 is 2.41 bits per heavy atom. The molecule has 190 valence electrons. The van der Waals surface area contributed by atoms with Crippen molar-refractivity contribution in [3.8, 4) is 5.69 Å². The molecule has 1 heterocycles. The number of hydrogen-bond donors (Lipinski definition) is 1. The van der Waals surface area contributed by atoms with Crippen LogP contribution in [0.2, 0.25) is 0 Å². The lowest BCUT2D eigenvalue weighted by atomic mass is 10.1. The molecule has 37 heavy (non-hydrogen) atoms. The molecule has 0 atom stereocenters. The van der Waals surface area contributed by atoms with Crippen LogP contribution in [0.25, 0.3) is 5.69 Å². The summed E-state index contributed by atoms with van der Waals surface area (Å²) in [6.45, 7) is 1.58. The van der Waals surface area contributed by atoms with Gasteiger partial charge in [-0.2, -0.15) is 13.2 Å². The van der Waals surface area contributed by atoms with Crippen LogP contribution in [0, 0.1) is 17.0 Å². The molecule has 4 rings (SSSR count). The number of halogens is 3. The molecule has 0 aliphatic carbocycles. The quantitative estimate of drug-likeness (QED) is 0.179. The van der Waals surface area contributed by atoms with Gasteiger partial charge in [-0.3, -0.25) is 19.5 Å². The summed E-state index contributed by atoms with van der Waals surface area (Å²) in [5.41, 5.74) is 1.13. The van der Waals surface area contributed by atoms with Gasteiger partial charge in [0.1, 0.15) is 0 Å². The van der Waals surface area contributed by atoms with Gasteiger partial charge in [-0.15, -0.1) is 10.2 Å². The van der Waals surface area contributed by atoms with E-state index >= 15 is 0 Å². The molecule has 12 heteroatoms. The van der Waals surface area contributed by atoms with E-state index < -0.39 is 22.6 Å². The summed E-state index contributed by atoms with van der Waals surface area (Å²) in [5.74, 6) is 0.253. The van der Waals surface area contributed by atoms with Crippen LogP contribution in [0.4, 0.5) is 18.9 Å². The molecule has 3 aromatic carbocycles. The van der Waals surface area contributed by atoms with Gasteiger partial charge < -0.3 is 5.32 Å². The molecule has 0 bridgehead atoms. The second-order valence-electron chi connectivity index (χ2n) is 7.99. The Bertz CT molecular complexity index is 1420. The largest absolute Gasteiger partial charge is 0.416 e. The maximum absolute atomic E-state index is 12.8. The zero-order valence-corrected chi connectivity index (χ0v) is 20.2. The number of rotatable bonds is 8. The van der Waals surface area contributed by atoms with Crippen molar-refractivity contribution >= 4 is 23.4 Å². The standard InChI is InChI=1S/C25H20F3N5O3S/c1-16-7-10-18(13-21(16)33(35)36)23(34)29-14-22-30-31-24(32(22)20-5-3-2-4-6-20)37-15-17-8-11-19(12-9-17)25(26,27)28/h2-13H,14-15H2,1H3,(H,29,34). The van der Waals surface area contributed by atoms with Crippen molar-refractivity contribution in [2.75, 3.05) is 0 Å². The number of thioether (sulfide) groups is 1. The van der Waals surface area contributed by atoms with Crippen LogP contribution >= 0.6 is 11.8 Å². The van der Waals surface area contributed by atoms with Crippen molar-refractivity contribution in [2.24, 2.45) is 0 Å². The molecule has 0 spiro atoms. The van der Waals surface area contributed by atoms with Crippen LogP contribution < -0.4 is 5.32 Å². The van der Waals surface area contributed by atoms with Gasteiger partial charge in [0.2, 0.25) is 0 Å². The highest BCUT2D eigenvalue weighted by atomic mass is 32.2. The third-order valence-electron chi connectivity index (χ3n) is 5.44. The van der Waals surface area contributed by atoms with E-state index in [1.165, 1.54) is 42.1 Å². The fourth-order valence-corrected chi connectivity index (χ4v) is 4.42. The van der Waals surface area contributed by atoms with Crippen molar-refractivity contribution < 1.29 is 22.9 Å². The first-order chi connectivity index (χ1) is 17.6. The lowest BCUT2D eigenvalue weighted by Crippen LogP contribution is -2.24. The molecular formula is C25H20F3N5O3S. The van der Waals surface area contributed by atoms with Gasteiger partial charge in [-0.05, 0) is 42.8 Å². The van der Waals surface area contributed by atoms with E-state index in [4.69, 9.17) is 0 Å². The highest BCUT2D eigenvalue weighted by Gasteiger charge is 2.30. The molecule has 4 aromatic rings. The molecule has 0 saturated heterocycles. The maximum Gasteiger partial charge on any atom is 0.416 e. The summed E-state index contributed by atoms with van der Waals surface area (Å²) in [7, 11) is 0. The van der Waals surface area contributed by atoms with Crippen molar-refractivity contribution in [1.29, 1.82) is 0 Å². The van der Waals surface area contributed by atoms with E-state index in [0.717, 1.165) is 17.8 Å². The number of amides is 1. The predicted molar refractivity (Wildman–Crippen MR) is 131 cm³/mol. The van der Waals surface area contributed by atoms with Crippen molar-refractivity contribution in [3.05, 3.63) is 111 Å². The molecule has 0 aliphatic heterocycles. The van der Waals surface area contributed by atoms with Gasteiger partial charge in [0.25, 0.3) is 11.6 Å². The van der Waals surface area contributed by atoms with Crippen molar-refractivity contribution in [1.82, 2.24) is 20.1 Å². The van der Waals surface area contributed by atoms with E-state index in [-0.39, 0.29) is 17.8 Å². The van der Waals surface area contributed by atoms with Gasteiger partial charge in [0.05, 0.1) is 17.0 Å². The normalized spacial score (nSPS) is 11.4. The number of nitrogens with one attached hydrogen (secondary N) is 1. The van der Waals surface area contributed by atoms with Crippen LogP contribution in [0.5, 0.6) is 0 Å². The number of aryl methyl sites for hydroxylation is 1. The fraction of sp³-hybridized carbons (Fsp3) is 0.160. The number of alkyl halides is 3. The van der Waals surface area contributed by atoms with Crippen LogP contribution in [0.3, 0.4) is 0 Å². The molecule has 0 saturated carbocycles. The Hall–Kier alpha value is -4.19. The average Bonchev–Trinajstić information content (AvgIpc) is 3.29. The molecule has 0 radical (unpaired) electrons. The topological polar surface area (TPSA) is 103 Å². The van der Waals surface area contributed by atoms with E-state index in [2.05, 4.69) is 15.5 Å². The summed E-state index contributed by atoms with van der Waals surface area (Å²) in [6, 6.07) is 18.3. The Morgan fingerprint density at radius 1 is 1.05 bits per heavy atom. The molecule has 0 aliphatic rings. The summed E-state index contributed by atoms with van der Waals surface area (Å²) in [4.78, 5) is 23.4. The van der Waals surface area contributed by atoms with Crippen molar-refractivity contribution in [2.45, 2.75) is 30.6 Å². The molecule has 0 unspecified atom stereocenters. The molecule has 1 amide bonds. The minimum atomic E-state index is -4.40. The highest BCUT2D eigenvalue weighted by molar-refractivity contribution is 7.98. The number of hydrogen-bond acceptors (Lipinski definition) is 6.